The van der Waals surface area contributed by atoms with E-state index in [9.17, 15) is 18.0 Å². The lowest BCUT2D eigenvalue weighted by Crippen LogP contribution is -2.18. The normalized spacial score (nSPS) is 11.4. The molecule has 0 spiro atoms. The first-order valence-corrected chi connectivity index (χ1v) is 10.7. The summed E-state index contributed by atoms with van der Waals surface area (Å²) < 4.78 is 55.6. The van der Waals surface area contributed by atoms with Crippen LogP contribution in [0, 0.1) is 0 Å². The number of nitrogens with zero attached hydrogens (tertiary/aromatic N) is 3. The lowest BCUT2D eigenvalue weighted by Gasteiger charge is -2.15. The van der Waals surface area contributed by atoms with Gasteiger partial charge in [0.25, 0.3) is 5.56 Å². The van der Waals surface area contributed by atoms with Crippen molar-refractivity contribution in [1.29, 1.82) is 0 Å². The van der Waals surface area contributed by atoms with Crippen LogP contribution in [-0.2, 0) is 7.05 Å². The van der Waals surface area contributed by atoms with Gasteiger partial charge in [0.15, 0.2) is 0 Å². The smallest absolute Gasteiger partial charge is 0.492 e. The van der Waals surface area contributed by atoms with E-state index in [0.29, 0.717) is 39.9 Å². The highest BCUT2D eigenvalue weighted by Crippen LogP contribution is 2.36. The van der Waals surface area contributed by atoms with Gasteiger partial charge < -0.3 is 14.2 Å². The largest absolute Gasteiger partial charge is 0.573 e. The third-order valence-electron chi connectivity index (χ3n) is 4.81. The van der Waals surface area contributed by atoms with E-state index >= 15 is 0 Å². The van der Waals surface area contributed by atoms with Crippen molar-refractivity contribution in [3.05, 3.63) is 82.5 Å². The van der Waals surface area contributed by atoms with Gasteiger partial charge in [-0.15, -0.1) is 13.2 Å². The van der Waals surface area contributed by atoms with Crippen LogP contribution >= 0.6 is 11.6 Å². The van der Waals surface area contributed by atoms with Crippen molar-refractivity contribution >= 4 is 11.6 Å². The number of ether oxygens (including phenoxy) is 3. The Hall–Kier alpha value is -3.92. The fraction of sp³-hybridized carbons (Fsp3) is 0.167. The molecule has 0 saturated carbocycles. The molecule has 0 radical (unpaired) electrons. The van der Waals surface area contributed by atoms with Crippen molar-refractivity contribution in [2.75, 3.05) is 6.61 Å². The summed E-state index contributed by atoms with van der Waals surface area (Å²) in [4.78, 5) is 12.9. The predicted molar refractivity (Wildman–Crippen MR) is 124 cm³/mol. The van der Waals surface area contributed by atoms with Crippen LogP contribution in [0.5, 0.6) is 23.0 Å². The molecular weight excluding hydrogens is 487 g/mol. The maximum absolute atomic E-state index is 12.9. The molecule has 4 rings (SSSR count). The van der Waals surface area contributed by atoms with Crippen molar-refractivity contribution in [1.82, 2.24) is 14.3 Å². The van der Waals surface area contributed by atoms with Crippen LogP contribution in [0.2, 0.25) is 5.02 Å². The Bertz CT molecular complexity index is 1400. The molecule has 35 heavy (non-hydrogen) atoms. The van der Waals surface area contributed by atoms with Gasteiger partial charge in [-0.25, -0.2) is 0 Å². The second-order valence-corrected chi connectivity index (χ2v) is 7.74. The second-order valence-electron chi connectivity index (χ2n) is 7.33. The number of benzene rings is 2. The molecule has 11 heteroatoms. The molecule has 0 N–H and O–H groups in total. The van der Waals surface area contributed by atoms with E-state index in [4.69, 9.17) is 21.1 Å². The molecule has 0 aliphatic heterocycles. The summed E-state index contributed by atoms with van der Waals surface area (Å²) >= 11 is 6.26. The van der Waals surface area contributed by atoms with Gasteiger partial charge in [0.1, 0.15) is 23.0 Å². The minimum atomic E-state index is -4.81. The lowest BCUT2D eigenvalue weighted by molar-refractivity contribution is -0.274. The highest BCUT2D eigenvalue weighted by atomic mass is 35.5. The molecule has 2 aromatic heterocycles. The number of aryl methyl sites for hydroxylation is 1. The molecule has 0 bridgehead atoms. The predicted octanol–water partition coefficient (Wildman–Crippen LogP) is 5.98. The summed E-state index contributed by atoms with van der Waals surface area (Å²) in [6.07, 6.45) is 0.0595. The minimum absolute atomic E-state index is 0.247. The number of halogens is 4. The molecule has 0 saturated heterocycles. The first kappa shape index (κ1) is 24.2. The van der Waals surface area contributed by atoms with E-state index < -0.39 is 17.7 Å². The van der Waals surface area contributed by atoms with Gasteiger partial charge in [0, 0.05) is 48.4 Å². The quantitative estimate of drug-likeness (QED) is 0.309. The number of rotatable bonds is 7. The fourth-order valence-corrected chi connectivity index (χ4v) is 3.56. The maximum atomic E-state index is 12.9. The molecule has 4 aromatic rings. The Labute approximate surface area is 202 Å². The third-order valence-corrected chi connectivity index (χ3v) is 5.11. The van der Waals surface area contributed by atoms with Gasteiger partial charge in [-0.2, -0.15) is 5.10 Å². The average molecular weight is 506 g/mol. The molecule has 2 heterocycles. The minimum Gasteiger partial charge on any atom is -0.492 e. The summed E-state index contributed by atoms with van der Waals surface area (Å²) in [6, 6.07) is 11.1. The third kappa shape index (κ3) is 5.78. The highest BCUT2D eigenvalue weighted by molar-refractivity contribution is 6.32. The zero-order valence-electron chi connectivity index (χ0n) is 18.5. The summed E-state index contributed by atoms with van der Waals surface area (Å²) in [5.41, 5.74) is 1.06. The summed E-state index contributed by atoms with van der Waals surface area (Å²) in [5, 5.41) is 4.52. The summed E-state index contributed by atoms with van der Waals surface area (Å²) in [6.45, 7) is 2.29. The number of hydrogen-bond acceptors (Lipinski definition) is 5. The van der Waals surface area contributed by atoms with Gasteiger partial charge >= 0.3 is 6.36 Å². The molecular formula is C24H19ClF3N3O4. The van der Waals surface area contributed by atoms with Gasteiger partial charge in [0.05, 0.1) is 17.8 Å². The number of aromatic nitrogens is 3. The molecule has 2 aromatic carbocycles. The average Bonchev–Trinajstić information content (AvgIpc) is 3.21. The number of hydrogen-bond donors (Lipinski definition) is 0. The SMILES string of the molecule is CCOc1ccc(Oc2cc(=O)n(-c3ccc(OC(F)(F)F)cc3)cc2-c2cnn(C)c2)cc1Cl. The van der Waals surface area contributed by atoms with Crippen LogP contribution in [0.3, 0.4) is 0 Å². The van der Waals surface area contributed by atoms with E-state index in [2.05, 4.69) is 9.84 Å². The van der Waals surface area contributed by atoms with Crippen LogP contribution in [-0.4, -0.2) is 27.3 Å². The molecule has 0 atom stereocenters. The molecule has 182 valence electrons. The molecule has 7 nitrogen and oxygen atoms in total. The summed E-state index contributed by atoms with van der Waals surface area (Å²) in [7, 11) is 1.74. The molecule has 0 aliphatic rings. The Kier molecular flexibility index (Phi) is 6.74. The Morgan fingerprint density at radius 3 is 2.31 bits per heavy atom. The monoisotopic (exact) mass is 505 g/mol. The molecule has 0 amide bonds. The van der Waals surface area contributed by atoms with Crippen molar-refractivity contribution in [3.8, 4) is 39.8 Å². The van der Waals surface area contributed by atoms with Gasteiger partial charge in [-0.1, -0.05) is 11.6 Å². The van der Waals surface area contributed by atoms with Crippen LogP contribution in [0.25, 0.3) is 16.8 Å². The molecule has 0 unspecified atom stereocenters. The second kappa shape index (κ2) is 9.75. The first-order valence-electron chi connectivity index (χ1n) is 10.3. The molecule has 0 aliphatic carbocycles. The zero-order valence-corrected chi connectivity index (χ0v) is 19.3. The summed E-state index contributed by atoms with van der Waals surface area (Å²) in [5.74, 6) is 0.738. The van der Waals surface area contributed by atoms with Crippen molar-refractivity contribution in [2.45, 2.75) is 13.3 Å². The van der Waals surface area contributed by atoms with Crippen LogP contribution in [0.1, 0.15) is 6.92 Å². The zero-order chi connectivity index (χ0) is 25.2. The van der Waals surface area contributed by atoms with Crippen LogP contribution in [0.4, 0.5) is 13.2 Å². The van der Waals surface area contributed by atoms with Crippen molar-refractivity contribution in [2.24, 2.45) is 7.05 Å². The van der Waals surface area contributed by atoms with Crippen LogP contribution in [0.15, 0.2) is 71.9 Å². The van der Waals surface area contributed by atoms with Gasteiger partial charge in [0.2, 0.25) is 0 Å². The highest BCUT2D eigenvalue weighted by Gasteiger charge is 2.31. The topological polar surface area (TPSA) is 67.5 Å². The fourth-order valence-electron chi connectivity index (χ4n) is 3.33. The van der Waals surface area contributed by atoms with Crippen molar-refractivity contribution < 1.29 is 27.4 Å². The molecule has 0 fully saturated rings. The van der Waals surface area contributed by atoms with Gasteiger partial charge in [-0.3, -0.25) is 14.0 Å². The van der Waals surface area contributed by atoms with E-state index in [1.807, 2.05) is 6.92 Å². The standard InChI is InChI=1S/C24H19ClF3N3O4/c1-3-33-21-9-8-18(10-20(21)25)34-22-11-23(32)31(14-19(22)15-12-29-30(2)13-15)16-4-6-17(7-5-16)35-24(26,27)28/h4-14H,3H2,1-2H3. The lowest BCUT2D eigenvalue weighted by atomic mass is 10.1. The van der Waals surface area contributed by atoms with Gasteiger partial charge in [-0.05, 0) is 43.3 Å². The maximum Gasteiger partial charge on any atom is 0.573 e. The number of pyridine rings is 1. The van der Waals surface area contributed by atoms with E-state index in [-0.39, 0.29) is 5.75 Å². The Balaban J connectivity index is 1.74. The van der Waals surface area contributed by atoms with Crippen LogP contribution < -0.4 is 19.8 Å². The van der Waals surface area contributed by atoms with E-state index in [1.54, 1.807) is 42.3 Å². The van der Waals surface area contributed by atoms with E-state index in [0.717, 1.165) is 12.1 Å². The van der Waals surface area contributed by atoms with Crippen molar-refractivity contribution in [3.63, 3.8) is 0 Å². The number of alkyl halides is 3. The Morgan fingerprint density at radius 1 is 1.00 bits per heavy atom. The Morgan fingerprint density at radius 2 is 1.71 bits per heavy atom. The first-order chi connectivity index (χ1) is 16.6. The van der Waals surface area contributed by atoms with E-state index in [1.165, 1.54) is 29.0 Å².